The molecule has 1 rings (SSSR count). The molecule has 0 heterocycles. The molecule has 176 valence electrons. The van der Waals surface area contributed by atoms with Gasteiger partial charge in [0.05, 0.1) is 19.1 Å². The number of carbonyl (C=O) groups excluding carboxylic acids is 3. The molecular formula is C19H26N4O8S. The number of nitrogens with one attached hydrogen (secondary N) is 3. The van der Waals surface area contributed by atoms with Gasteiger partial charge in [0.1, 0.15) is 18.1 Å². The minimum absolute atomic E-state index is 0.0230. The number of aliphatic hydroxyl groups excluding tert-OH is 1. The van der Waals surface area contributed by atoms with E-state index < -0.39 is 66.9 Å². The van der Waals surface area contributed by atoms with Crippen molar-refractivity contribution in [1.82, 2.24) is 16.0 Å². The summed E-state index contributed by atoms with van der Waals surface area (Å²) in [6.45, 7) is -0.846. The summed E-state index contributed by atoms with van der Waals surface area (Å²) in [6.07, 6.45) is -0.683. The van der Waals surface area contributed by atoms with E-state index in [0.717, 1.165) is 0 Å². The molecule has 1 aromatic carbocycles. The Morgan fingerprint density at radius 1 is 0.875 bits per heavy atom. The smallest absolute Gasteiger partial charge is 0.326 e. The number of aliphatic hydroxyl groups is 1. The Morgan fingerprint density at radius 3 is 1.91 bits per heavy atom. The van der Waals surface area contributed by atoms with Gasteiger partial charge in [-0.1, -0.05) is 30.3 Å². The average Bonchev–Trinajstić information content (AvgIpc) is 2.74. The fraction of sp³-hybridized carbons (Fsp3) is 0.421. The minimum Gasteiger partial charge on any atom is -0.481 e. The number of rotatable bonds is 13. The van der Waals surface area contributed by atoms with E-state index in [9.17, 15) is 34.2 Å². The molecule has 4 atom stereocenters. The summed E-state index contributed by atoms with van der Waals surface area (Å²) in [5.74, 6) is -5.60. The van der Waals surface area contributed by atoms with Gasteiger partial charge >= 0.3 is 11.9 Å². The Bertz CT molecular complexity index is 823. The number of aliphatic carboxylic acids is 2. The lowest BCUT2D eigenvalue weighted by Gasteiger charge is -2.23. The largest absolute Gasteiger partial charge is 0.481 e. The van der Waals surface area contributed by atoms with Gasteiger partial charge < -0.3 is 37.0 Å². The minimum atomic E-state index is -1.51. The number of nitrogens with two attached hydrogens (primary N) is 1. The molecule has 0 radical (unpaired) electrons. The highest BCUT2D eigenvalue weighted by atomic mass is 32.1. The molecule has 0 fully saturated rings. The zero-order valence-corrected chi connectivity index (χ0v) is 17.8. The first-order valence-electron chi connectivity index (χ1n) is 9.46. The molecule has 32 heavy (non-hydrogen) atoms. The monoisotopic (exact) mass is 470 g/mol. The van der Waals surface area contributed by atoms with E-state index in [1.54, 1.807) is 30.3 Å². The number of carboxylic acids is 2. The van der Waals surface area contributed by atoms with Crippen LogP contribution >= 0.6 is 12.6 Å². The zero-order valence-electron chi connectivity index (χ0n) is 16.9. The predicted octanol–water partition coefficient (Wildman–Crippen LogP) is -2.51. The lowest BCUT2D eigenvalue weighted by molar-refractivity contribution is -0.142. The van der Waals surface area contributed by atoms with Crippen molar-refractivity contribution in [3.63, 3.8) is 0 Å². The summed E-state index contributed by atoms with van der Waals surface area (Å²) < 4.78 is 0. The van der Waals surface area contributed by atoms with Gasteiger partial charge in [-0.2, -0.15) is 12.6 Å². The summed E-state index contributed by atoms with van der Waals surface area (Å²) in [4.78, 5) is 58.9. The summed E-state index contributed by atoms with van der Waals surface area (Å²) in [5, 5.41) is 34.2. The number of hydrogen-bond acceptors (Lipinski definition) is 8. The summed E-state index contributed by atoms with van der Waals surface area (Å²) in [7, 11) is 0. The van der Waals surface area contributed by atoms with Crippen molar-refractivity contribution in [2.24, 2.45) is 5.73 Å². The second-order valence-corrected chi connectivity index (χ2v) is 7.15. The van der Waals surface area contributed by atoms with Crippen molar-refractivity contribution in [3.05, 3.63) is 35.9 Å². The molecule has 13 heteroatoms. The third-order valence-electron chi connectivity index (χ3n) is 4.26. The molecule has 4 unspecified atom stereocenters. The first kappa shape index (κ1) is 26.9. The van der Waals surface area contributed by atoms with E-state index in [-0.39, 0.29) is 12.2 Å². The molecule has 0 aliphatic heterocycles. The van der Waals surface area contributed by atoms with Gasteiger partial charge in [-0.15, -0.1) is 0 Å². The van der Waals surface area contributed by atoms with Crippen molar-refractivity contribution >= 4 is 42.3 Å². The number of amides is 3. The van der Waals surface area contributed by atoms with Gasteiger partial charge in [0, 0.05) is 12.2 Å². The molecule has 0 spiro atoms. The van der Waals surface area contributed by atoms with E-state index >= 15 is 0 Å². The molecule has 1 aromatic rings. The Hall–Kier alpha value is -3.16. The number of carboxylic acid groups (broad SMARTS) is 2. The van der Waals surface area contributed by atoms with Crippen LogP contribution in [-0.2, 0) is 30.4 Å². The molecular weight excluding hydrogens is 444 g/mol. The lowest BCUT2D eigenvalue weighted by atomic mass is 10.1. The van der Waals surface area contributed by atoms with Crippen LogP contribution in [0.1, 0.15) is 12.0 Å². The van der Waals surface area contributed by atoms with Crippen LogP contribution in [0.5, 0.6) is 0 Å². The predicted molar refractivity (Wildman–Crippen MR) is 115 cm³/mol. The highest BCUT2D eigenvalue weighted by Gasteiger charge is 2.30. The van der Waals surface area contributed by atoms with Crippen LogP contribution in [0.3, 0.4) is 0 Å². The Kier molecular flexibility index (Phi) is 11.2. The number of carbonyl (C=O) groups is 5. The van der Waals surface area contributed by atoms with E-state index in [0.29, 0.717) is 5.56 Å². The van der Waals surface area contributed by atoms with Crippen LogP contribution in [0.15, 0.2) is 30.3 Å². The first-order chi connectivity index (χ1) is 15.1. The molecule has 0 saturated heterocycles. The normalized spacial score (nSPS) is 14.3. The zero-order chi connectivity index (χ0) is 24.3. The molecule has 0 saturated carbocycles. The third-order valence-corrected chi connectivity index (χ3v) is 4.62. The third kappa shape index (κ3) is 8.91. The second-order valence-electron chi connectivity index (χ2n) is 6.78. The molecule has 0 aromatic heterocycles. The maximum atomic E-state index is 12.4. The van der Waals surface area contributed by atoms with Gasteiger partial charge in [-0.05, 0) is 5.56 Å². The van der Waals surface area contributed by atoms with Gasteiger partial charge in [0.2, 0.25) is 17.7 Å². The fourth-order valence-corrected chi connectivity index (χ4v) is 2.80. The van der Waals surface area contributed by atoms with E-state index in [4.69, 9.17) is 10.8 Å². The maximum Gasteiger partial charge on any atom is 0.326 e. The van der Waals surface area contributed by atoms with Crippen LogP contribution < -0.4 is 21.7 Å². The van der Waals surface area contributed by atoms with Crippen LogP contribution in [0.4, 0.5) is 0 Å². The Balaban J connectivity index is 2.76. The maximum absolute atomic E-state index is 12.4. The number of benzene rings is 1. The molecule has 0 aliphatic carbocycles. The Morgan fingerprint density at radius 2 is 1.41 bits per heavy atom. The lowest BCUT2D eigenvalue weighted by Crippen LogP contribution is -2.58. The highest BCUT2D eigenvalue weighted by molar-refractivity contribution is 7.80. The van der Waals surface area contributed by atoms with Gasteiger partial charge in [-0.3, -0.25) is 19.2 Å². The Labute approximate surface area is 189 Å². The SMILES string of the molecule is NC(CC(=O)O)C(=O)NC(CS)C(=O)NC(CO)C(=O)NC(Cc1ccccc1)C(=O)O. The molecule has 12 nitrogen and oxygen atoms in total. The van der Waals surface area contributed by atoms with Crippen LogP contribution in [0, 0.1) is 0 Å². The van der Waals surface area contributed by atoms with Crippen LogP contribution in [0.2, 0.25) is 0 Å². The van der Waals surface area contributed by atoms with Crippen molar-refractivity contribution in [1.29, 1.82) is 0 Å². The van der Waals surface area contributed by atoms with Gasteiger partial charge in [0.15, 0.2) is 0 Å². The van der Waals surface area contributed by atoms with Crippen molar-refractivity contribution in [3.8, 4) is 0 Å². The van der Waals surface area contributed by atoms with Gasteiger partial charge in [0.25, 0.3) is 0 Å². The van der Waals surface area contributed by atoms with Crippen molar-refractivity contribution in [2.75, 3.05) is 12.4 Å². The van der Waals surface area contributed by atoms with Crippen LogP contribution in [-0.4, -0.2) is 81.5 Å². The molecule has 0 aliphatic rings. The standard InChI is InChI=1S/C19H26N4O8S/c20-11(7-15(25)26)16(27)23-14(9-32)18(29)22-13(8-24)17(28)21-12(19(30)31)6-10-4-2-1-3-5-10/h1-5,11-14,24,32H,6-9,20H2,(H,21,28)(H,22,29)(H,23,27)(H,25,26)(H,30,31). The number of hydrogen-bond donors (Lipinski definition) is 8. The fourth-order valence-electron chi connectivity index (χ4n) is 2.54. The first-order valence-corrected chi connectivity index (χ1v) is 10.1. The highest BCUT2D eigenvalue weighted by Crippen LogP contribution is 2.04. The number of thiol groups is 1. The average molecular weight is 471 g/mol. The molecule has 8 N–H and O–H groups in total. The summed E-state index contributed by atoms with van der Waals surface area (Å²) in [6, 6.07) is 3.02. The second kappa shape index (κ2) is 13.3. The molecule has 3 amide bonds. The van der Waals surface area contributed by atoms with E-state index in [2.05, 4.69) is 28.6 Å². The summed E-state index contributed by atoms with van der Waals surface area (Å²) >= 11 is 3.94. The van der Waals surface area contributed by atoms with Crippen LogP contribution in [0.25, 0.3) is 0 Å². The topological polar surface area (TPSA) is 208 Å². The van der Waals surface area contributed by atoms with E-state index in [1.165, 1.54) is 0 Å². The summed E-state index contributed by atoms with van der Waals surface area (Å²) in [5.41, 5.74) is 6.09. The van der Waals surface area contributed by atoms with Crippen molar-refractivity contribution in [2.45, 2.75) is 37.0 Å². The quantitative estimate of drug-likeness (QED) is 0.143. The van der Waals surface area contributed by atoms with Crippen molar-refractivity contribution < 1.29 is 39.3 Å². The van der Waals surface area contributed by atoms with Gasteiger partial charge in [-0.25, -0.2) is 4.79 Å². The van der Waals surface area contributed by atoms with E-state index in [1.807, 2.05) is 0 Å². The molecule has 0 bridgehead atoms.